The molecule has 0 radical (unpaired) electrons. The second-order valence-corrected chi connectivity index (χ2v) is 4.37. The zero-order chi connectivity index (χ0) is 11.5. The lowest BCUT2D eigenvalue weighted by Crippen LogP contribution is -1.97. The van der Waals surface area contributed by atoms with Crippen molar-refractivity contribution in [2.45, 2.75) is 25.7 Å². The van der Waals surface area contributed by atoms with Gasteiger partial charge in [0.05, 0.1) is 5.69 Å². The third-order valence-electron chi connectivity index (χ3n) is 3.19. The summed E-state index contributed by atoms with van der Waals surface area (Å²) in [5.74, 6) is 0. The van der Waals surface area contributed by atoms with Crippen LogP contribution in [0.25, 0.3) is 11.3 Å². The highest BCUT2D eigenvalue weighted by Gasteiger charge is 2.07. The zero-order valence-electron chi connectivity index (χ0n) is 9.71. The van der Waals surface area contributed by atoms with Crippen LogP contribution in [0.15, 0.2) is 43.0 Å². The van der Waals surface area contributed by atoms with Gasteiger partial charge in [0.2, 0.25) is 0 Å². The molecule has 0 unspecified atom stereocenters. The van der Waals surface area contributed by atoms with Gasteiger partial charge in [-0.3, -0.25) is 0 Å². The van der Waals surface area contributed by atoms with Crippen molar-refractivity contribution in [2.24, 2.45) is 0 Å². The Morgan fingerprint density at radius 1 is 1.18 bits per heavy atom. The van der Waals surface area contributed by atoms with Crippen molar-refractivity contribution in [3.05, 3.63) is 48.6 Å². The van der Waals surface area contributed by atoms with E-state index in [-0.39, 0.29) is 0 Å². The highest BCUT2D eigenvalue weighted by atomic mass is 15.3. The Morgan fingerprint density at radius 3 is 2.94 bits per heavy atom. The van der Waals surface area contributed by atoms with Crippen LogP contribution in [0.2, 0.25) is 0 Å². The molecule has 17 heavy (non-hydrogen) atoms. The van der Waals surface area contributed by atoms with Crippen LogP contribution in [0.4, 0.5) is 0 Å². The fourth-order valence-corrected chi connectivity index (χ4v) is 2.29. The van der Waals surface area contributed by atoms with Gasteiger partial charge in [-0.15, -0.1) is 0 Å². The summed E-state index contributed by atoms with van der Waals surface area (Å²) >= 11 is 0. The van der Waals surface area contributed by atoms with Crippen molar-refractivity contribution in [1.29, 1.82) is 0 Å². The van der Waals surface area contributed by atoms with Crippen molar-refractivity contribution in [3.8, 4) is 5.69 Å². The highest BCUT2D eigenvalue weighted by Crippen LogP contribution is 2.27. The molecule has 2 aromatic rings. The Bertz CT molecular complexity index is 526. The Labute approximate surface area is 101 Å². The summed E-state index contributed by atoms with van der Waals surface area (Å²) in [6, 6.07) is 8.51. The highest BCUT2D eigenvalue weighted by molar-refractivity contribution is 5.67. The van der Waals surface area contributed by atoms with Gasteiger partial charge in [-0.05, 0) is 49.0 Å². The second-order valence-electron chi connectivity index (χ2n) is 4.37. The maximum absolute atomic E-state index is 4.16. The molecule has 1 heterocycles. The first-order chi connectivity index (χ1) is 8.43. The van der Waals surface area contributed by atoms with Gasteiger partial charge in [0.15, 0.2) is 0 Å². The predicted octanol–water partition coefficient (Wildman–Crippen LogP) is 3.22. The number of aromatic nitrogens is 3. The molecule has 1 aromatic heterocycles. The van der Waals surface area contributed by atoms with Gasteiger partial charge in [0, 0.05) is 0 Å². The van der Waals surface area contributed by atoms with E-state index in [1.54, 1.807) is 17.3 Å². The first kappa shape index (κ1) is 10.3. The summed E-state index contributed by atoms with van der Waals surface area (Å²) in [6.45, 7) is 0. The van der Waals surface area contributed by atoms with Crippen LogP contribution >= 0.6 is 0 Å². The summed E-state index contributed by atoms with van der Waals surface area (Å²) in [6.07, 6.45) is 10.7. The molecule has 3 nitrogen and oxygen atoms in total. The molecule has 1 aliphatic rings. The fraction of sp³-hybridized carbons (Fsp3) is 0.286. The minimum Gasteiger partial charge on any atom is -0.223 e. The van der Waals surface area contributed by atoms with Gasteiger partial charge in [0.25, 0.3) is 0 Å². The van der Waals surface area contributed by atoms with E-state index >= 15 is 0 Å². The van der Waals surface area contributed by atoms with Gasteiger partial charge in [-0.2, -0.15) is 5.10 Å². The molecule has 0 saturated carbocycles. The van der Waals surface area contributed by atoms with Crippen LogP contribution in [0, 0.1) is 0 Å². The van der Waals surface area contributed by atoms with E-state index in [9.17, 15) is 0 Å². The van der Waals surface area contributed by atoms with E-state index in [1.807, 2.05) is 0 Å². The van der Waals surface area contributed by atoms with Crippen LogP contribution in [-0.4, -0.2) is 14.8 Å². The van der Waals surface area contributed by atoms with E-state index < -0.39 is 0 Å². The SMILES string of the molecule is C1=C(c2cccc(-n3cncn3)c2)CCCC1. The molecule has 0 atom stereocenters. The first-order valence-electron chi connectivity index (χ1n) is 6.08. The summed E-state index contributed by atoms with van der Waals surface area (Å²) in [4.78, 5) is 3.98. The fourth-order valence-electron chi connectivity index (χ4n) is 2.29. The molecule has 1 aliphatic carbocycles. The van der Waals surface area contributed by atoms with E-state index in [0.29, 0.717) is 0 Å². The summed E-state index contributed by atoms with van der Waals surface area (Å²) in [7, 11) is 0. The lowest BCUT2D eigenvalue weighted by atomic mass is 9.93. The average molecular weight is 225 g/mol. The predicted molar refractivity (Wildman–Crippen MR) is 67.8 cm³/mol. The van der Waals surface area contributed by atoms with Crippen LogP contribution in [0.5, 0.6) is 0 Å². The molecule has 0 bridgehead atoms. The van der Waals surface area contributed by atoms with Crippen molar-refractivity contribution in [2.75, 3.05) is 0 Å². The maximum atomic E-state index is 4.16. The monoisotopic (exact) mass is 225 g/mol. The van der Waals surface area contributed by atoms with E-state index in [2.05, 4.69) is 40.4 Å². The number of hydrogen-bond donors (Lipinski definition) is 0. The number of nitrogens with zero attached hydrogens (tertiary/aromatic N) is 3. The Morgan fingerprint density at radius 2 is 2.18 bits per heavy atom. The lowest BCUT2D eigenvalue weighted by Gasteiger charge is -2.13. The van der Waals surface area contributed by atoms with Gasteiger partial charge < -0.3 is 0 Å². The number of rotatable bonds is 2. The molecule has 3 heteroatoms. The molecule has 0 aliphatic heterocycles. The number of allylic oxidation sites excluding steroid dienone is 2. The quantitative estimate of drug-likeness (QED) is 0.785. The minimum absolute atomic E-state index is 1.08. The van der Waals surface area contributed by atoms with Gasteiger partial charge in [-0.1, -0.05) is 18.2 Å². The van der Waals surface area contributed by atoms with Crippen molar-refractivity contribution in [3.63, 3.8) is 0 Å². The lowest BCUT2D eigenvalue weighted by molar-refractivity contribution is 0.742. The van der Waals surface area contributed by atoms with Crippen molar-refractivity contribution in [1.82, 2.24) is 14.8 Å². The smallest absolute Gasteiger partial charge is 0.138 e. The maximum Gasteiger partial charge on any atom is 0.138 e. The second kappa shape index (κ2) is 4.53. The van der Waals surface area contributed by atoms with Crippen LogP contribution < -0.4 is 0 Å². The first-order valence-corrected chi connectivity index (χ1v) is 6.08. The number of hydrogen-bond acceptors (Lipinski definition) is 2. The Hall–Kier alpha value is -1.90. The van der Waals surface area contributed by atoms with Crippen molar-refractivity contribution >= 4 is 5.57 Å². The molecule has 0 N–H and O–H groups in total. The van der Waals surface area contributed by atoms with Gasteiger partial charge in [-0.25, -0.2) is 9.67 Å². The molecular formula is C14H15N3. The molecule has 1 aromatic carbocycles. The molecule has 86 valence electrons. The Balaban J connectivity index is 1.96. The van der Waals surface area contributed by atoms with Crippen LogP contribution in [0.3, 0.4) is 0 Å². The third kappa shape index (κ3) is 2.13. The summed E-state index contributed by atoms with van der Waals surface area (Å²) in [5, 5.41) is 4.16. The largest absolute Gasteiger partial charge is 0.223 e. The normalized spacial score (nSPS) is 15.6. The minimum atomic E-state index is 1.08. The average Bonchev–Trinajstić information content (AvgIpc) is 2.94. The topological polar surface area (TPSA) is 30.7 Å². The zero-order valence-corrected chi connectivity index (χ0v) is 9.71. The molecule has 0 fully saturated rings. The van der Waals surface area contributed by atoms with E-state index in [1.165, 1.54) is 36.8 Å². The van der Waals surface area contributed by atoms with Gasteiger partial charge >= 0.3 is 0 Å². The van der Waals surface area contributed by atoms with Crippen LogP contribution in [-0.2, 0) is 0 Å². The van der Waals surface area contributed by atoms with Crippen LogP contribution in [0.1, 0.15) is 31.2 Å². The summed E-state index contributed by atoms with van der Waals surface area (Å²) in [5.41, 5.74) is 3.86. The molecule has 0 spiro atoms. The third-order valence-corrected chi connectivity index (χ3v) is 3.19. The van der Waals surface area contributed by atoms with Crippen molar-refractivity contribution < 1.29 is 0 Å². The molecule has 0 saturated heterocycles. The Kier molecular flexibility index (Phi) is 2.74. The standard InChI is InChI=1S/C14H15N3/c1-2-5-12(6-3-1)13-7-4-8-14(9-13)17-11-15-10-16-17/h4-5,7-11H,1-3,6H2. The van der Waals surface area contributed by atoms with E-state index in [0.717, 1.165) is 5.69 Å². The number of benzene rings is 1. The molecule has 3 rings (SSSR count). The van der Waals surface area contributed by atoms with E-state index in [4.69, 9.17) is 0 Å². The molecular weight excluding hydrogens is 210 g/mol. The molecule has 0 amide bonds. The van der Waals surface area contributed by atoms with Gasteiger partial charge in [0.1, 0.15) is 12.7 Å². The summed E-state index contributed by atoms with van der Waals surface area (Å²) < 4.78 is 1.80.